The first-order valence-corrected chi connectivity index (χ1v) is 10.4. The van der Waals surface area contributed by atoms with Crippen molar-refractivity contribution in [3.63, 3.8) is 0 Å². The highest BCUT2D eigenvalue weighted by molar-refractivity contribution is 6.30. The molecule has 0 unspecified atom stereocenters. The number of hydrogen-bond acceptors (Lipinski definition) is 10. The Kier molecular flexibility index (Phi) is 5.36. The van der Waals surface area contributed by atoms with Crippen LogP contribution in [0.5, 0.6) is 0 Å². The van der Waals surface area contributed by atoms with Crippen LogP contribution in [-0.2, 0) is 4.74 Å². The van der Waals surface area contributed by atoms with Gasteiger partial charge in [0, 0.05) is 25.3 Å². The van der Waals surface area contributed by atoms with E-state index in [1.807, 2.05) is 12.1 Å². The molecule has 12 heteroatoms. The molecule has 11 nitrogen and oxygen atoms in total. The van der Waals surface area contributed by atoms with Gasteiger partial charge >= 0.3 is 0 Å². The molecule has 5 rings (SSSR count). The van der Waals surface area contributed by atoms with Crippen LogP contribution in [0, 0.1) is 0 Å². The third-order valence-electron chi connectivity index (χ3n) is 5.71. The van der Waals surface area contributed by atoms with E-state index in [0.29, 0.717) is 22.0 Å². The van der Waals surface area contributed by atoms with Gasteiger partial charge in [0.1, 0.15) is 30.5 Å². The van der Waals surface area contributed by atoms with Gasteiger partial charge in [-0.2, -0.15) is 0 Å². The molecule has 5 atom stereocenters. The van der Waals surface area contributed by atoms with E-state index in [9.17, 15) is 15.3 Å². The van der Waals surface area contributed by atoms with E-state index in [1.165, 1.54) is 12.7 Å². The van der Waals surface area contributed by atoms with Crippen LogP contribution in [0.1, 0.15) is 12.6 Å². The second-order valence-corrected chi connectivity index (χ2v) is 8.12. The van der Waals surface area contributed by atoms with Crippen LogP contribution in [0.25, 0.3) is 11.2 Å². The Bertz CT molecular complexity index is 1070. The summed E-state index contributed by atoms with van der Waals surface area (Å²) in [6.07, 6.45) is 1.25. The van der Waals surface area contributed by atoms with E-state index in [-0.39, 0.29) is 6.04 Å². The number of imidazole rings is 1. The van der Waals surface area contributed by atoms with E-state index in [4.69, 9.17) is 16.3 Å². The van der Waals surface area contributed by atoms with Crippen molar-refractivity contribution in [1.29, 1.82) is 0 Å². The first-order valence-electron chi connectivity index (χ1n) is 9.98. The average Bonchev–Trinajstić information content (AvgIpc) is 3.48. The van der Waals surface area contributed by atoms with E-state index in [1.54, 1.807) is 10.8 Å². The van der Waals surface area contributed by atoms with Crippen LogP contribution in [0.2, 0.25) is 5.02 Å². The van der Waals surface area contributed by atoms with Crippen molar-refractivity contribution in [3.8, 4) is 0 Å². The van der Waals surface area contributed by atoms with Crippen molar-refractivity contribution in [1.82, 2.24) is 24.5 Å². The second kappa shape index (κ2) is 8.17. The quantitative estimate of drug-likeness (QED) is 0.427. The SMILES string of the molecule is OC[C@H]1O[C@@H](n2cnc3c(N[C@H]4CCN(c5ccc(Cl)cn5)C4)ncnc32)[C@H](O)[C@@H]1O. The van der Waals surface area contributed by atoms with Gasteiger partial charge in [-0.25, -0.2) is 19.9 Å². The summed E-state index contributed by atoms with van der Waals surface area (Å²) in [4.78, 5) is 19.6. The molecule has 0 radical (unpaired) electrons. The molecule has 0 amide bonds. The normalized spacial score (nSPS) is 28.5. The minimum Gasteiger partial charge on any atom is -0.394 e. The lowest BCUT2D eigenvalue weighted by molar-refractivity contribution is -0.0511. The van der Waals surface area contributed by atoms with Crippen LogP contribution in [0.15, 0.2) is 31.0 Å². The number of aliphatic hydroxyl groups excluding tert-OH is 3. The Balaban J connectivity index is 1.34. The number of aromatic nitrogens is 5. The number of rotatable bonds is 5. The lowest BCUT2D eigenvalue weighted by Gasteiger charge is -2.18. The highest BCUT2D eigenvalue weighted by Crippen LogP contribution is 2.32. The number of hydrogen-bond donors (Lipinski definition) is 4. The Morgan fingerprint density at radius 2 is 2.03 bits per heavy atom. The summed E-state index contributed by atoms with van der Waals surface area (Å²) in [5, 5.41) is 33.7. The zero-order valence-electron chi connectivity index (χ0n) is 16.4. The summed E-state index contributed by atoms with van der Waals surface area (Å²) >= 11 is 5.92. The zero-order valence-corrected chi connectivity index (χ0v) is 17.2. The maximum atomic E-state index is 10.3. The van der Waals surface area contributed by atoms with Crippen LogP contribution >= 0.6 is 11.6 Å². The van der Waals surface area contributed by atoms with Crippen molar-refractivity contribution in [2.75, 3.05) is 29.9 Å². The molecule has 4 N–H and O–H groups in total. The predicted octanol–water partition coefficient (Wildman–Crippen LogP) is 0.177. The topological polar surface area (TPSA) is 142 Å². The van der Waals surface area contributed by atoms with Gasteiger partial charge in [0.15, 0.2) is 23.2 Å². The summed E-state index contributed by atoms with van der Waals surface area (Å²) in [6.45, 7) is 1.19. The molecule has 2 fully saturated rings. The first kappa shape index (κ1) is 20.3. The molecule has 0 aromatic carbocycles. The Morgan fingerprint density at radius 1 is 1.16 bits per heavy atom. The molecule has 2 aliphatic heterocycles. The fraction of sp³-hybridized carbons (Fsp3) is 0.474. The third-order valence-corrected chi connectivity index (χ3v) is 5.94. The largest absolute Gasteiger partial charge is 0.394 e. The molecule has 3 aromatic heterocycles. The number of nitrogens with one attached hydrogen (secondary N) is 1. The number of ether oxygens (including phenoxy) is 1. The second-order valence-electron chi connectivity index (χ2n) is 7.69. The fourth-order valence-electron chi connectivity index (χ4n) is 4.09. The molecule has 2 saturated heterocycles. The molecular formula is C19H22ClN7O4. The highest BCUT2D eigenvalue weighted by Gasteiger charge is 2.44. The van der Waals surface area contributed by atoms with Crippen LogP contribution < -0.4 is 10.2 Å². The number of pyridine rings is 1. The Labute approximate surface area is 182 Å². The average molecular weight is 448 g/mol. The predicted molar refractivity (Wildman–Crippen MR) is 112 cm³/mol. The molecular weight excluding hydrogens is 426 g/mol. The van der Waals surface area contributed by atoms with Crippen molar-refractivity contribution in [3.05, 3.63) is 36.0 Å². The van der Waals surface area contributed by atoms with E-state index in [2.05, 4.69) is 30.2 Å². The molecule has 0 saturated carbocycles. The maximum Gasteiger partial charge on any atom is 0.167 e. The smallest absolute Gasteiger partial charge is 0.167 e. The summed E-state index contributed by atoms with van der Waals surface area (Å²) in [6, 6.07) is 3.86. The number of aliphatic hydroxyl groups is 3. The summed E-state index contributed by atoms with van der Waals surface area (Å²) in [5.41, 5.74) is 0.991. The first-order chi connectivity index (χ1) is 15.0. The molecule has 0 bridgehead atoms. The van der Waals surface area contributed by atoms with Gasteiger partial charge in [-0.1, -0.05) is 11.6 Å². The van der Waals surface area contributed by atoms with Gasteiger partial charge in [-0.15, -0.1) is 0 Å². The molecule has 31 heavy (non-hydrogen) atoms. The molecule has 2 aliphatic rings. The van der Waals surface area contributed by atoms with E-state index >= 15 is 0 Å². The van der Waals surface area contributed by atoms with Crippen molar-refractivity contribution in [2.24, 2.45) is 0 Å². The number of fused-ring (bicyclic) bond motifs is 1. The standard InChI is InChI=1S/C19H22ClN7O4/c20-10-1-2-13(21-5-10)26-4-3-11(6-26)25-17-14-18(23-8-22-17)27(9-24-14)19-16(30)15(29)12(7-28)31-19/h1-2,5,8-9,11-12,15-16,19,28-30H,3-4,6-7H2,(H,22,23,25)/t11-,12+,15+,16+,19+/m0/s1. The third kappa shape index (κ3) is 3.68. The van der Waals surface area contributed by atoms with Gasteiger partial charge in [0.2, 0.25) is 0 Å². The Hall–Kier alpha value is -2.57. The number of nitrogens with zero attached hydrogens (tertiary/aromatic N) is 6. The van der Waals surface area contributed by atoms with Crippen LogP contribution in [-0.4, -0.2) is 83.9 Å². The van der Waals surface area contributed by atoms with E-state index in [0.717, 1.165) is 25.3 Å². The molecule has 0 aliphatic carbocycles. The van der Waals surface area contributed by atoms with Gasteiger partial charge in [0.25, 0.3) is 0 Å². The van der Waals surface area contributed by atoms with Gasteiger partial charge in [-0.3, -0.25) is 4.57 Å². The molecule has 164 valence electrons. The van der Waals surface area contributed by atoms with Gasteiger partial charge in [0.05, 0.1) is 18.0 Å². The fourth-order valence-corrected chi connectivity index (χ4v) is 4.20. The molecule has 0 spiro atoms. The highest BCUT2D eigenvalue weighted by atomic mass is 35.5. The van der Waals surface area contributed by atoms with Crippen LogP contribution in [0.4, 0.5) is 11.6 Å². The lowest BCUT2D eigenvalue weighted by Crippen LogP contribution is -2.33. The van der Waals surface area contributed by atoms with Crippen molar-refractivity contribution in [2.45, 2.75) is 37.0 Å². The van der Waals surface area contributed by atoms with Crippen LogP contribution in [0.3, 0.4) is 0 Å². The minimum absolute atomic E-state index is 0.134. The van der Waals surface area contributed by atoms with Gasteiger partial charge < -0.3 is 30.3 Å². The van der Waals surface area contributed by atoms with Crippen molar-refractivity contribution < 1.29 is 20.1 Å². The lowest BCUT2D eigenvalue weighted by atomic mass is 10.1. The van der Waals surface area contributed by atoms with E-state index < -0.39 is 31.1 Å². The summed E-state index contributed by atoms with van der Waals surface area (Å²) in [7, 11) is 0. The maximum absolute atomic E-state index is 10.3. The Morgan fingerprint density at radius 3 is 2.77 bits per heavy atom. The minimum atomic E-state index is -1.21. The number of anilines is 2. The summed E-state index contributed by atoms with van der Waals surface area (Å²) in [5.74, 6) is 1.45. The van der Waals surface area contributed by atoms with Gasteiger partial charge in [-0.05, 0) is 18.6 Å². The summed E-state index contributed by atoms with van der Waals surface area (Å²) < 4.78 is 7.15. The van der Waals surface area contributed by atoms with Crippen molar-refractivity contribution >= 4 is 34.4 Å². The number of halogens is 1. The molecule has 5 heterocycles. The molecule has 3 aromatic rings. The zero-order chi connectivity index (χ0) is 21.5. The monoisotopic (exact) mass is 447 g/mol.